The van der Waals surface area contributed by atoms with Crippen LogP contribution in [0.25, 0.3) is 0 Å². The number of nitrogens with one attached hydrogen (secondary N) is 2. The molecular weight excluding hydrogens is 298 g/mol. The molecule has 0 spiro atoms. The van der Waals surface area contributed by atoms with Crippen LogP contribution in [0.5, 0.6) is 0 Å². The minimum Gasteiger partial charge on any atom is -0.370 e. The second-order valence-electron chi connectivity index (χ2n) is 6.99. The Morgan fingerprint density at radius 3 is 2.33 bits per heavy atom. The van der Waals surface area contributed by atoms with Gasteiger partial charge < -0.3 is 10.6 Å². The largest absolute Gasteiger partial charge is 0.370 e. The highest BCUT2D eigenvalue weighted by Gasteiger charge is 2.14. The number of hydrogen-bond acceptors (Lipinski definition) is 3. The summed E-state index contributed by atoms with van der Waals surface area (Å²) in [5.41, 5.74) is 2.64. The lowest BCUT2D eigenvalue weighted by Gasteiger charge is -2.19. The Hall–Kier alpha value is -2.36. The third kappa shape index (κ3) is 5.08. The lowest BCUT2D eigenvalue weighted by Crippen LogP contribution is -2.14. The van der Waals surface area contributed by atoms with Crippen molar-refractivity contribution in [3.05, 3.63) is 53.7 Å². The number of benzene rings is 1. The Kier molecular flexibility index (Phi) is 5.96. The molecule has 2 N–H and O–H groups in total. The van der Waals surface area contributed by atoms with Crippen LogP contribution in [0.4, 0.5) is 11.5 Å². The van der Waals surface area contributed by atoms with E-state index < -0.39 is 0 Å². The molecule has 128 valence electrons. The Morgan fingerprint density at radius 1 is 1.08 bits per heavy atom. The van der Waals surface area contributed by atoms with Crippen LogP contribution in [0.2, 0.25) is 0 Å². The minimum atomic E-state index is -0.121. The van der Waals surface area contributed by atoms with E-state index in [1.54, 1.807) is 6.20 Å². The number of aromatic nitrogens is 1. The zero-order valence-corrected chi connectivity index (χ0v) is 15.0. The highest BCUT2D eigenvalue weighted by molar-refractivity contribution is 6.04. The Balaban J connectivity index is 1.96. The number of unbranched alkanes of at least 4 members (excludes halogenated alkanes) is 1. The summed E-state index contributed by atoms with van der Waals surface area (Å²) < 4.78 is 0. The SMILES string of the molecule is CCCCNc1ccc(NC(=O)c2ccc(C(C)(C)C)cc2)cn1. The molecule has 1 amide bonds. The monoisotopic (exact) mass is 325 g/mol. The highest BCUT2D eigenvalue weighted by Crippen LogP contribution is 2.22. The normalized spacial score (nSPS) is 11.2. The van der Waals surface area contributed by atoms with E-state index in [2.05, 4.69) is 43.3 Å². The molecule has 2 aromatic rings. The van der Waals surface area contributed by atoms with Crippen LogP contribution >= 0.6 is 0 Å². The van der Waals surface area contributed by atoms with Crippen LogP contribution < -0.4 is 10.6 Å². The smallest absolute Gasteiger partial charge is 0.255 e. The zero-order chi connectivity index (χ0) is 17.6. The van der Waals surface area contributed by atoms with Crippen LogP contribution in [0.1, 0.15) is 56.5 Å². The van der Waals surface area contributed by atoms with Crippen molar-refractivity contribution in [2.45, 2.75) is 46.0 Å². The summed E-state index contributed by atoms with van der Waals surface area (Å²) in [4.78, 5) is 16.6. The standard InChI is InChI=1S/C20H27N3O/c1-5-6-13-21-18-12-11-17(14-22-18)23-19(24)15-7-9-16(10-8-15)20(2,3)4/h7-12,14H,5-6,13H2,1-4H3,(H,21,22)(H,23,24). The quantitative estimate of drug-likeness (QED) is 0.747. The first-order valence-corrected chi connectivity index (χ1v) is 8.52. The maximum Gasteiger partial charge on any atom is 0.255 e. The van der Waals surface area contributed by atoms with E-state index in [0.29, 0.717) is 11.3 Å². The first-order chi connectivity index (χ1) is 11.4. The molecule has 0 unspecified atom stereocenters. The molecule has 0 aliphatic carbocycles. The number of anilines is 2. The number of carbonyl (C=O) groups excluding carboxylic acids is 1. The van der Waals surface area contributed by atoms with Gasteiger partial charge in [0.15, 0.2) is 0 Å². The van der Waals surface area contributed by atoms with Crippen molar-refractivity contribution < 1.29 is 4.79 Å². The van der Waals surface area contributed by atoms with Gasteiger partial charge in [0, 0.05) is 12.1 Å². The summed E-state index contributed by atoms with van der Waals surface area (Å²) in [5, 5.41) is 6.14. The van der Waals surface area contributed by atoms with Gasteiger partial charge in [-0.15, -0.1) is 0 Å². The maximum atomic E-state index is 12.3. The van der Waals surface area contributed by atoms with E-state index in [4.69, 9.17) is 0 Å². The number of hydrogen-bond donors (Lipinski definition) is 2. The van der Waals surface area contributed by atoms with Gasteiger partial charge in [-0.1, -0.05) is 46.2 Å². The second-order valence-corrected chi connectivity index (χ2v) is 6.99. The van der Waals surface area contributed by atoms with Crippen molar-refractivity contribution in [2.75, 3.05) is 17.2 Å². The van der Waals surface area contributed by atoms with Gasteiger partial charge in [0.05, 0.1) is 11.9 Å². The van der Waals surface area contributed by atoms with Gasteiger partial charge in [-0.05, 0) is 41.7 Å². The van der Waals surface area contributed by atoms with Crippen molar-refractivity contribution in [2.24, 2.45) is 0 Å². The number of amides is 1. The average molecular weight is 325 g/mol. The number of nitrogens with zero attached hydrogens (tertiary/aromatic N) is 1. The summed E-state index contributed by atoms with van der Waals surface area (Å²) in [6.07, 6.45) is 3.94. The molecule has 1 aromatic carbocycles. The molecule has 2 rings (SSSR count). The van der Waals surface area contributed by atoms with E-state index in [0.717, 1.165) is 25.2 Å². The molecule has 0 atom stereocenters. The predicted molar refractivity (Wildman–Crippen MR) is 101 cm³/mol. The highest BCUT2D eigenvalue weighted by atomic mass is 16.1. The van der Waals surface area contributed by atoms with Crippen LogP contribution in [0.15, 0.2) is 42.6 Å². The van der Waals surface area contributed by atoms with Gasteiger partial charge >= 0.3 is 0 Å². The van der Waals surface area contributed by atoms with Crippen molar-refractivity contribution in [1.82, 2.24) is 4.98 Å². The van der Waals surface area contributed by atoms with E-state index >= 15 is 0 Å². The first-order valence-electron chi connectivity index (χ1n) is 8.52. The molecule has 0 radical (unpaired) electrons. The van der Waals surface area contributed by atoms with Gasteiger partial charge in [-0.25, -0.2) is 4.98 Å². The summed E-state index contributed by atoms with van der Waals surface area (Å²) in [7, 11) is 0. The molecule has 0 saturated carbocycles. The minimum absolute atomic E-state index is 0.0829. The van der Waals surface area contributed by atoms with Gasteiger partial charge in [-0.3, -0.25) is 4.79 Å². The van der Waals surface area contributed by atoms with Crippen molar-refractivity contribution in [1.29, 1.82) is 0 Å². The van der Waals surface area contributed by atoms with E-state index in [-0.39, 0.29) is 11.3 Å². The molecular formula is C20H27N3O. The number of rotatable bonds is 6. The van der Waals surface area contributed by atoms with E-state index in [1.807, 2.05) is 36.4 Å². The molecule has 1 aromatic heterocycles. The van der Waals surface area contributed by atoms with Crippen LogP contribution in [0, 0.1) is 0 Å². The first kappa shape index (κ1) is 18.0. The molecule has 0 bridgehead atoms. The third-order valence-electron chi connectivity index (χ3n) is 3.87. The lowest BCUT2D eigenvalue weighted by molar-refractivity contribution is 0.102. The molecule has 0 fully saturated rings. The van der Waals surface area contributed by atoms with E-state index in [1.165, 1.54) is 5.56 Å². The molecule has 4 nitrogen and oxygen atoms in total. The fourth-order valence-corrected chi connectivity index (χ4v) is 2.29. The van der Waals surface area contributed by atoms with Crippen molar-refractivity contribution in [3.63, 3.8) is 0 Å². The summed E-state index contributed by atoms with van der Waals surface area (Å²) in [6, 6.07) is 11.5. The van der Waals surface area contributed by atoms with Crippen LogP contribution in [-0.4, -0.2) is 17.4 Å². The molecule has 1 heterocycles. The fraction of sp³-hybridized carbons (Fsp3) is 0.400. The molecule has 24 heavy (non-hydrogen) atoms. The topological polar surface area (TPSA) is 54.0 Å². The van der Waals surface area contributed by atoms with Crippen LogP contribution in [-0.2, 0) is 5.41 Å². The molecule has 0 aliphatic heterocycles. The van der Waals surface area contributed by atoms with Crippen molar-refractivity contribution >= 4 is 17.4 Å². The average Bonchev–Trinajstić information content (AvgIpc) is 2.56. The number of pyridine rings is 1. The van der Waals surface area contributed by atoms with Gasteiger partial charge in [0.1, 0.15) is 5.82 Å². The van der Waals surface area contributed by atoms with Crippen LogP contribution in [0.3, 0.4) is 0 Å². The predicted octanol–water partition coefficient (Wildman–Crippen LogP) is 4.84. The van der Waals surface area contributed by atoms with E-state index in [9.17, 15) is 4.79 Å². The summed E-state index contributed by atoms with van der Waals surface area (Å²) >= 11 is 0. The van der Waals surface area contributed by atoms with Gasteiger partial charge in [0.2, 0.25) is 0 Å². The fourth-order valence-electron chi connectivity index (χ4n) is 2.29. The summed E-state index contributed by atoms with van der Waals surface area (Å²) in [5.74, 6) is 0.708. The molecule has 0 aliphatic rings. The molecule has 4 heteroatoms. The Morgan fingerprint density at radius 2 is 1.79 bits per heavy atom. The molecule has 0 saturated heterocycles. The summed E-state index contributed by atoms with van der Waals surface area (Å²) in [6.45, 7) is 9.54. The maximum absolute atomic E-state index is 12.3. The Labute approximate surface area is 144 Å². The Bertz CT molecular complexity index is 655. The van der Waals surface area contributed by atoms with Crippen molar-refractivity contribution in [3.8, 4) is 0 Å². The lowest BCUT2D eigenvalue weighted by atomic mass is 9.87. The van der Waals surface area contributed by atoms with Gasteiger partial charge in [0.25, 0.3) is 5.91 Å². The van der Waals surface area contributed by atoms with Gasteiger partial charge in [-0.2, -0.15) is 0 Å². The third-order valence-corrected chi connectivity index (χ3v) is 3.87. The zero-order valence-electron chi connectivity index (χ0n) is 15.0. The number of carbonyl (C=O) groups is 1. The second kappa shape index (κ2) is 7.95.